The van der Waals surface area contributed by atoms with Gasteiger partial charge in [0.1, 0.15) is 0 Å². The van der Waals surface area contributed by atoms with E-state index >= 15 is 0 Å². The van der Waals surface area contributed by atoms with Gasteiger partial charge in [-0.2, -0.15) is 0 Å². The van der Waals surface area contributed by atoms with Crippen LogP contribution in [0.15, 0.2) is 0 Å². The largest absolute Gasteiger partial charge is 0.469 e. The van der Waals surface area contributed by atoms with Crippen LogP contribution in [0.2, 0.25) is 0 Å². The molecule has 1 aliphatic rings. The van der Waals surface area contributed by atoms with E-state index < -0.39 is 9.84 Å². The Morgan fingerprint density at radius 3 is 2.80 bits per heavy atom. The summed E-state index contributed by atoms with van der Waals surface area (Å²) in [6, 6.07) is -0.113. The molecular weight excluding hydrogens is 218 g/mol. The molecule has 0 aliphatic carbocycles. The predicted octanol–water partition coefficient (Wildman–Crippen LogP) is -0.298. The number of methoxy groups -OCH3 is 1. The fraction of sp³-hybridized carbons (Fsp3) is 0.889. The van der Waals surface area contributed by atoms with Gasteiger partial charge in [0.25, 0.3) is 0 Å². The van der Waals surface area contributed by atoms with Crippen molar-refractivity contribution in [1.29, 1.82) is 0 Å². The standard InChI is InChI=1S/C9H17NO4S/c1-14-9(11)3-2-7-6-15(12,13)5-4-8(7)10/h7-8H,2-6,10H2,1H3. The van der Waals surface area contributed by atoms with Gasteiger partial charge in [-0.15, -0.1) is 0 Å². The van der Waals surface area contributed by atoms with Crippen molar-refractivity contribution in [2.45, 2.75) is 25.3 Å². The quantitative estimate of drug-likeness (QED) is 0.679. The highest BCUT2D eigenvalue weighted by Crippen LogP contribution is 2.21. The van der Waals surface area contributed by atoms with Crippen molar-refractivity contribution in [3.05, 3.63) is 0 Å². The molecule has 0 bridgehead atoms. The first-order chi connectivity index (χ1) is 6.94. The molecule has 0 amide bonds. The molecule has 0 aromatic rings. The van der Waals surface area contributed by atoms with Crippen LogP contribution in [0.25, 0.3) is 0 Å². The van der Waals surface area contributed by atoms with Gasteiger partial charge in [-0.3, -0.25) is 4.79 Å². The van der Waals surface area contributed by atoms with Crippen molar-refractivity contribution in [3.8, 4) is 0 Å². The van der Waals surface area contributed by atoms with Gasteiger partial charge in [-0.05, 0) is 18.8 Å². The summed E-state index contributed by atoms with van der Waals surface area (Å²) in [5, 5.41) is 0. The number of hydrogen-bond acceptors (Lipinski definition) is 5. The highest BCUT2D eigenvalue weighted by molar-refractivity contribution is 7.91. The smallest absolute Gasteiger partial charge is 0.305 e. The lowest BCUT2D eigenvalue weighted by molar-refractivity contribution is -0.140. The zero-order valence-corrected chi connectivity index (χ0v) is 9.63. The zero-order chi connectivity index (χ0) is 11.5. The number of ether oxygens (including phenoxy) is 1. The lowest BCUT2D eigenvalue weighted by Gasteiger charge is -2.28. The van der Waals surface area contributed by atoms with Crippen LogP contribution >= 0.6 is 0 Å². The fourth-order valence-corrected chi connectivity index (χ4v) is 3.65. The number of carbonyl (C=O) groups is 1. The molecule has 0 saturated carbocycles. The van der Waals surface area contributed by atoms with E-state index in [1.165, 1.54) is 7.11 Å². The summed E-state index contributed by atoms with van der Waals surface area (Å²) in [6.07, 6.45) is 1.23. The molecule has 15 heavy (non-hydrogen) atoms. The number of esters is 1. The van der Waals surface area contributed by atoms with Gasteiger partial charge in [-0.1, -0.05) is 0 Å². The minimum absolute atomic E-state index is 0.102. The van der Waals surface area contributed by atoms with Gasteiger partial charge in [0.15, 0.2) is 9.84 Å². The lowest BCUT2D eigenvalue weighted by atomic mass is 9.95. The molecule has 1 fully saturated rings. The van der Waals surface area contributed by atoms with E-state index in [0.29, 0.717) is 12.8 Å². The van der Waals surface area contributed by atoms with E-state index in [1.807, 2.05) is 0 Å². The Hall–Kier alpha value is -0.620. The Morgan fingerprint density at radius 2 is 2.20 bits per heavy atom. The van der Waals surface area contributed by atoms with Gasteiger partial charge in [0, 0.05) is 12.5 Å². The van der Waals surface area contributed by atoms with Crippen molar-refractivity contribution in [1.82, 2.24) is 0 Å². The maximum absolute atomic E-state index is 11.3. The van der Waals surface area contributed by atoms with Gasteiger partial charge in [0.2, 0.25) is 0 Å². The molecule has 0 spiro atoms. The van der Waals surface area contributed by atoms with E-state index in [-0.39, 0.29) is 35.9 Å². The highest BCUT2D eigenvalue weighted by Gasteiger charge is 2.30. The van der Waals surface area contributed by atoms with Crippen LogP contribution in [-0.2, 0) is 19.4 Å². The van der Waals surface area contributed by atoms with Crippen molar-refractivity contribution in [3.63, 3.8) is 0 Å². The monoisotopic (exact) mass is 235 g/mol. The van der Waals surface area contributed by atoms with Crippen LogP contribution in [0, 0.1) is 5.92 Å². The van der Waals surface area contributed by atoms with E-state index in [4.69, 9.17) is 5.73 Å². The van der Waals surface area contributed by atoms with Crippen molar-refractivity contribution < 1.29 is 17.9 Å². The van der Waals surface area contributed by atoms with Crippen LogP contribution < -0.4 is 5.73 Å². The fourth-order valence-electron chi connectivity index (χ4n) is 1.79. The highest BCUT2D eigenvalue weighted by atomic mass is 32.2. The van der Waals surface area contributed by atoms with Crippen molar-refractivity contribution >= 4 is 15.8 Å². The normalized spacial score (nSPS) is 29.7. The molecule has 2 N–H and O–H groups in total. The minimum atomic E-state index is -2.95. The first kappa shape index (κ1) is 12.4. The predicted molar refractivity (Wildman–Crippen MR) is 56.0 cm³/mol. The maximum Gasteiger partial charge on any atom is 0.305 e. The number of nitrogens with two attached hydrogens (primary N) is 1. The summed E-state index contributed by atoms with van der Waals surface area (Å²) in [4.78, 5) is 10.9. The Bertz CT molecular complexity index is 325. The van der Waals surface area contributed by atoms with Crippen LogP contribution in [0.5, 0.6) is 0 Å². The Kier molecular flexibility index (Phi) is 4.10. The molecule has 2 atom stereocenters. The molecule has 2 unspecified atom stereocenters. The average Bonchev–Trinajstić information content (AvgIpc) is 2.19. The van der Waals surface area contributed by atoms with Crippen LogP contribution in [0.4, 0.5) is 0 Å². The molecule has 1 heterocycles. The van der Waals surface area contributed by atoms with Crippen molar-refractivity contribution in [2.24, 2.45) is 11.7 Å². The third-order valence-electron chi connectivity index (χ3n) is 2.78. The SMILES string of the molecule is COC(=O)CCC1CS(=O)(=O)CCC1N. The second-order valence-electron chi connectivity index (χ2n) is 3.94. The molecule has 1 rings (SSSR count). The summed E-state index contributed by atoms with van der Waals surface area (Å²) in [5.74, 6) is -0.151. The molecule has 5 nitrogen and oxygen atoms in total. The molecular formula is C9H17NO4S. The van der Waals surface area contributed by atoms with E-state index in [0.717, 1.165) is 0 Å². The minimum Gasteiger partial charge on any atom is -0.469 e. The maximum atomic E-state index is 11.3. The van der Waals surface area contributed by atoms with E-state index in [2.05, 4.69) is 4.74 Å². The Balaban J connectivity index is 2.49. The third-order valence-corrected chi connectivity index (χ3v) is 4.58. The number of hydrogen-bond donors (Lipinski definition) is 1. The topological polar surface area (TPSA) is 86.5 Å². The zero-order valence-electron chi connectivity index (χ0n) is 8.81. The lowest BCUT2D eigenvalue weighted by Crippen LogP contribution is -2.42. The van der Waals surface area contributed by atoms with Gasteiger partial charge in [0.05, 0.1) is 18.6 Å². The van der Waals surface area contributed by atoms with Crippen LogP contribution in [-0.4, -0.2) is 39.0 Å². The summed E-state index contributed by atoms with van der Waals surface area (Å²) in [6.45, 7) is 0. The van der Waals surface area contributed by atoms with E-state index in [1.54, 1.807) is 0 Å². The molecule has 1 saturated heterocycles. The van der Waals surface area contributed by atoms with Gasteiger partial charge in [-0.25, -0.2) is 8.42 Å². The second-order valence-corrected chi connectivity index (χ2v) is 6.17. The summed E-state index contributed by atoms with van der Waals surface area (Å²) in [5.41, 5.74) is 5.81. The molecule has 0 aromatic heterocycles. The molecule has 1 aliphatic heterocycles. The summed E-state index contributed by atoms with van der Waals surface area (Å²) in [7, 11) is -1.63. The van der Waals surface area contributed by atoms with Gasteiger partial charge >= 0.3 is 5.97 Å². The number of rotatable bonds is 3. The Labute approximate surface area is 89.9 Å². The van der Waals surface area contributed by atoms with E-state index in [9.17, 15) is 13.2 Å². The van der Waals surface area contributed by atoms with Crippen LogP contribution in [0.3, 0.4) is 0 Å². The molecule has 0 radical (unpaired) electrons. The summed E-state index contributed by atoms with van der Waals surface area (Å²) >= 11 is 0. The number of sulfone groups is 1. The van der Waals surface area contributed by atoms with Crippen molar-refractivity contribution in [2.75, 3.05) is 18.6 Å². The summed E-state index contributed by atoms with van der Waals surface area (Å²) < 4.78 is 27.2. The number of carbonyl (C=O) groups excluding carboxylic acids is 1. The first-order valence-electron chi connectivity index (χ1n) is 4.97. The second kappa shape index (κ2) is 4.94. The third kappa shape index (κ3) is 3.79. The van der Waals surface area contributed by atoms with Gasteiger partial charge < -0.3 is 10.5 Å². The Morgan fingerprint density at radius 1 is 1.53 bits per heavy atom. The molecule has 6 heteroatoms. The molecule has 0 aromatic carbocycles. The average molecular weight is 235 g/mol. The van der Waals surface area contributed by atoms with Crippen LogP contribution in [0.1, 0.15) is 19.3 Å². The first-order valence-corrected chi connectivity index (χ1v) is 6.79. The molecule has 88 valence electrons.